The fourth-order valence-corrected chi connectivity index (χ4v) is 5.19. The lowest BCUT2D eigenvalue weighted by molar-refractivity contribution is -0.121. The van der Waals surface area contributed by atoms with Crippen LogP contribution >= 0.6 is 11.6 Å². The normalized spacial score (nSPS) is 19.8. The first-order valence-corrected chi connectivity index (χ1v) is 11.0. The van der Waals surface area contributed by atoms with E-state index in [-0.39, 0.29) is 28.8 Å². The van der Waals surface area contributed by atoms with E-state index in [0.29, 0.717) is 45.6 Å². The third-order valence-corrected chi connectivity index (χ3v) is 7.21. The van der Waals surface area contributed by atoms with Crippen LogP contribution in [0.25, 0.3) is 21.8 Å². The summed E-state index contributed by atoms with van der Waals surface area (Å²) in [5, 5.41) is 8.72. The van der Waals surface area contributed by atoms with Crippen LogP contribution in [0.1, 0.15) is 38.5 Å². The van der Waals surface area contributed by atoms with Crippen LogP contribution in [0, 0.1) is 18.3 Å². The smallest absolute Gasteiger partial charge is 0.264 e. The van der Waals surface area contributed by atoms with E-state index in [4.69, 9.17) is 16.1 Å². The van der Waals surface area contributed by atoms with Crippen molar-refractivity contribution in [2.24, 2.45) is 11.3 Å². The molecule has 3 heterocycles. The van der Waals surface area contributed by atoms with Crippen LogP contribution in [-0.4, -0.2) is 20.6 Å². The monoisotopic (exact) mass is 450 g/mol. The third kappa shape index (κ3) is 3.11. The molecule has 1 N–H and O–H groups in total. The number of aromatic nitrogens is 3. The summed E-state index contributed by atoms with van der Waals surface area (Å²) < 4.78 is 7.17. The highest BCUT2D eigenvalue weighted by atomic mass is 35.5. The highest BCUT2D eigenvalue weighted by Gasteiger charge is 2.50. The highest BCUT2D eigenvalue weighted by Crippen LogP contribution is 2.56. The number of nitrogens with one attached hydrogen (secondary N) is 1. The predicted octanol–water partition coefficient (Wildman–Crippen LogP) is 5.12. The SMILES string of the molecule is Cc1onc2c1c(=O)n(C1CC(CC(=O)Nc3cccnc3)C1(C)C)c1cccc(Cl)c21. The van der Waals surface area contributed by atoms with Crippen LogP contribution in [0.2, 0.25) is 5.02 Å². The van der Waals surface area contributed by atoms with Crippen LogP contribution in [0.4, 0.5) is 5.69 Å². The van der Waals surface area contributed by atoms with Gasteiger partial charge >= 0.3 is 0 Å². The van der Waals surface area contributed by atoms with Gasteiger partial charge in [-0.15, -0.1) is 0 Å². The van der Waals surface area contributed by atoms with E-state index in [1.54, 1.807) is 31.5 Å². The molecular weight excluding hydrogens is 428 g/mol. The number of hydrogen-bond donors (Lipinski definition) is 1. The number of carbonyl (C=O) groups excluding carboxylic acids is 1. The van der Waals surface area contributed by atoms with Crippen molar-refractivity contribution in [2.75, 3.05) is 5.32 Å². The number of pyridine rings is 2. The zero-order valence-electron chi connectivity index (χ0n) is 18.1. The van der Waals surface area contributed by atoms with Gasteiger partial charge in [-0.25, -0.2) is 0 Å². The molecule has 0 aliphatic heterocycles. The van der Waals surface area contributed by atoms with Crippen LogP contribution in [0.15, 0.2) is 52.0 Å². The van der Waals surface area contributed by atoms with Gasteiger partial charge in [-0.05, 0) is 48.9 Å². The van der Waals surface area contributed by atoms with Gasteiger partial charge in [0, 0.05) is 24.0 Å². The predicted molar refractivity (Wildman–Crippen MR) is 124 cm³/mol. The zero-order chi connectivity index (χ0) is 22.6. The molecule has 32 heavy (non-hydrogen) atoms. The van der Waals surface area contributed by atoms with Crippen LogP contribution in [0.5, 0.6) is 0 Å². The molecular formula is C24H23ClN4O3. The summed E-state index contributed by atoms with van der Waals surface area (Å²) in [6.45, 7) is 5.95. The minimum absolute atomic E-state index is 0.0555. The molecule has 8 heteroatoms. The summed E-state index contributed by atoms with van der Waals surface area (Å²) >= 11 is 6.53. The Hall–Kier alpha value is -3.19. The Kier molecular flexibility index (Phi) is 4.82. The van der Waals surface area contributed by atoms with Gasteiger partial charge in [0.05, 0.1) is 22.4 Å². The minimum Gasteiger partial charge on any atom is -0.360 e. The van der Waals surface area contributed by atoms with Crippen molar-refractivity contribution in [3.8, 4) is 0 Å². The fraction of sp³-hybridized carbons (Fsp3) is 0.333. The molecule has 1 saturated carbocycles. The van der Waals surface area contributed by atoms with Crippen molar-refractivity contribution in [1.29, 1.82) is 0 Å². The number of halogens is 1. The Morgan fingerprint density at radius 1 is 1.28 bits per heavy atom. The van der Waals surface area contributed by atoms with Crippen molar-refractivity contribution < 1.29 is 9.32 Å². The largest absolute Gasteiger partial charge is 0.360 e. The average Bonchev–Trinajstić information content (AvgIpc) is 3.15. The summed E-state index contributed by atoms with van der Waals surface area (Å²) in [5.41, 5.74) is 1.50. The summed E-state index contributed by atoms with van der Waals surface area (Å²) in [6, 6.07) is 9.04. The molecule has 164 valence electrons. The standard InChI is InChI=1S/C24H23ClN4O3/c1-13-20-22(28-32-13)21-16(25)7-4-8-17(21)29(23(20)31)18-10-14(24(18,2)3)11-19(30)27-15-6-5-9-26-12-15/h4-9,12,14,18H,10-11H2,1-3H3,(H,27,30). The lowest BCUT2D eigenvalue weighted by Gasteiger charge is -2.53. The van der Waals surface area contributed by atoms with Crippen LogP contribution in [0.3, 0.4) is 0 Å². The Balaban J connectivity index is 1.51. The maximum atomic E-state index is 13.6. The quantitative estimate of drug-likeness (QED) is 0.466. The number of fused-ring (bicyclic) bond motifs is 3. The van der Waals surface area contributed by atoms with Gasteiger partial charge in [-0.1, -0.05) is 36.7 Å². The molecule has 1 aromatic carbocycles. The number of aryl methyl sites for hydroxylation is 1. The Morgan fingerprint density at radius 3 is 2.81 bits per heavy atom. The molecule has 3 aromatic heterocycles. The Bertz CT molecular complexity index is 1410. The third-order valence-electron chi connectivity index (χ3n) is 6.89. The van der Waals surface area contributed by atoms with E-state index in [1.165, 1.54) is 0 Å². The summed E-state index contributed by atoms with van der Waals surface area (Å²) in [5.74, 6) is 0.551. The second-order valence-electron chi connectivity index (χ2n) is 9.04. The summed E-state index contributed by atoms with van der Waals surface area (Å²) in [7, 11) is 0. The molecule has 0 bridgehead atoms. The molecule has 0 radical (unpaired) electrons. The first kappa shape index (κ1) is 20.7. The Labute approximate surface area is 189 Å². The van der Waals surface area contributed by atoms with E-state index in [9.17, 15) is 9.59 Å². The molecule has 4 aromatic rings. The number of anilines is 1. The molecule has 1 aliphatic carbocycles. The molecule has 1 aliphatic rings. The molecule has 0 spiro atoms. The molecule has 1 amide bonds. The van der Waals surface area contributed by atoms with Crippen LogP contribution in [-0.2, 0) is 4.79 Å². The van der Waals surface area contributed by atoms with E-state index < -0.39 is 0 Å². The van der Waals surface area contributed by atoms with E-state index in [0.717, 1.165) is 5.52 Å². The lowest BCUT2D eigenvalue weighted by Crippen LogP contribution is -2.50. The van der Waals surface area contributed by atoms with Crippen molar-refractivity contribution in [3.05, 3.63) is 63.9 Å². The van der Waals surface area contributed by atoms with Gasteiger partial charge in [0.15, 0.2) is 0 Å². The molecule has 7 nitrogen and oxygen atoms in total. The zero-order valence-corrected chi connectivity index (χ0v) is 18.8. The molecule has 2 unspecified atom stereocenters. The van der Waals surface area contributed by atoms with Gasteiger partial charge < -0.3 is 14.4 Å². The topological polar surface area (TPSA) is 90.0 Å². The number of hydrogen-bond acceptors (Lipinski definition) is 5. The summed E-state index contributed by atoms with van der Waals surface area (Å²) in [6.07, 6.45) is 4.38. The van der Waals surface area contributed by atoms with Crippen LogP contribution < -0.4 is 10.9 Å². The van der Waals surface area contributed by atoms with Gasteiger partial charge in [0.2, 0.25) is 5.91 Å². The van der Waals surface area contributed by atoms with Crippen molar-refractivity contribution in [2.45, 2.75) is 39.7 Å². The second kappa shape index (κ2) is 7.45. The number of nitrogens with zero attached hydrogens (tertiary/aromatic N) is 3. The van der Waals surface area contributed by atoms with Crippen molar-refractivity contribution in [3.63, 3.8) is 0 Å². The minimum atomic E-state index is -0.274. The van der Waals surface area contributed by atoms with Gasteiger partial charge in [-0.2, -0.15) is 0 Å². The highest BCUT2D eigenvalue weighted by molar-refractivity contribution is 6.37. The number of amides is 1. The first-order valence-electron chi connectivity index (χ1n) is 10.6. The van der Waals surface area contributed by atoms with Gasteiger partial charge in [-0.3, -0.25) is 14.6 Å². The Morgan fingerprint density at radius 2 is 2.09 bits per heavy atom. The van der Waals surface area contributed by atoms with Crippen molar-refractivity contribution in [1.82, 2.24) is 14.7 Å². The van der Waals surface area contributed by atoms with E-state index in [1.807, 2.05) is 22.8 Å². The van der Waals surface area contributed by atoms with Gasteiger partial charge in [0.1, 0.15) is 16.7 Å². The maximum absolute atomic E-state index is 13.6. The maximum Gasteiger partial charge on any atom is 0.264 e. The van der Waals surface area contributed by atoms with E-state index >= 15 is 0 Å². The fourth-order valence-electron chi connectivity index (χ4n) is 4.93. The average molecular weight is 451 g/mol. The summed E-state index contributed by atoms with van der Waals surface area (Å²) in [4.78, 5) is 30.2. The number of benzene rings is 1. The first-order chi connectivity index (χ1) is 15.3. The number of carbonyl (C=O) groups is 1. The molecule has 1 fully saturated rings. The second-order valence-corrected chi connectivity index (χ2v) is 9.44. The molecule has 0 saturated heterocycles. The number of rotatable bonds is 4. The van der Waals surface area contributed by atoms with Crippen molar-refractivity contribution >= 4 is 45.0 Å². The lowest BCUT2D eigenvalue weighted by atomic mass is 9.57. The van der Waals surface area contributed by atoms with E-state index in [2.05, 4.69) is 29.3 Å². The van der Waals surface area contributed by atoms with Gasteiger partial charge in [0.25, 0.3) is 5.56 Å². The molecule has 5 rings (SSSR count). The molecule has 2 atom stereocenters.